The molecule has 4 heteroatoms. The Balaban J connectivity index is 1.07. The van der Waals surface area contributed by atoms with Crippen molar-refractivity contribution < 1.29 is 4.79 Å². The molecule has 1 aromatic heterocycles. The number of nitrogens with zero attached hydrogens (tertiary/aromatic N) is 3. The van der Waals surface area contributed by atoms with Crippen LogP contribution in [0.15, 0.2) is 78.6 Å². The van der Waals surface area contributed by atoms with Gasteiger partial charge in [0.25, 0.3) is 0 Å². The monoisotopic (exact) mass is 477 g/mol. The number of carbonyl (C=O) groups is 1. The zero-order valence-corrected chi connectivity index (χ0v) is 21.0. The van der Waals surface area contributed by atoms with Crippen LogP contribution >= 0.6 is 0 Å². The highest BCUT2D eigenvalue weighted by Crippen LogP contribution is 2.39. The van der Waals surface area contributed by atoms with Gasteiger partial charge in [-0.2, -0.15) is 0 Å². The Kier molecular flexibility index (Phi) is 6.80. The summed E-state index contributed by atoms with van der Waals surface area (Å²) in [4.78, 5) is 22.5. The second kappa shape index (κ2) is 10.5. The van der Waals surface area contributed by atoms with Crippen molar-refractivity contribution in [1.29, 1.82) is 0 Å². The molecule has 36 heavy (non-hydrogen) atoms. The molecule has 3 heterocycles. The molecule has 0 N–H and O–H groups in total. The van der Waals surface area contributed by atoms with Crippen molar-refractivity contribution in [3.8, 4) is 0 Å². The smallest absolute Gasteiger partial charge is 0.163 e. The number of hydrogen-bond acceptors (Lipinski definition) is 4. The van der Waals surface area contributed by atoms with Gasteiger partial charge in [-0.3, -0.25) is 19.6 Å². The first-order valence-electron chi connectivity index (χ1n) is 13.5. The van der Waals surface area contributed by atoms with Crippen molar-refractivity contribution in [1.82, 2.24) is 14.8 Å². The highest BCUT2D eigenvalue weighted by atomic mass is 16.1. The largest absolute Gasteiger partial charge is 0.299 e. The normalized spacial score (nSPS) is 18.8. The number of aromatic nitrogens is 1. The predicted octanol–water partition coefficient (Wildman–Crippen LogP) is 5.78. The Bertz CT molecular complexity index is 1240. The summed E-state index contributed by atoms with van der Waals surface area (Å²) in [6.45, 7) is 6.21. The van der Waals surface area contributed by atoms with E-state index in [1.807, 2.05) is 12.4 Å². The van der Waals surface area contributed by atoms with E-state index >= 15 is 0 Å². The number of rotatable bonds is 7. The van der Waals surface area contributed by atoms with Crippen molar-refractivity contribution >= 4 is 11.4 Å². The third-order valence-corrected chi connectivity index (χ3v) is 8.28. The van der Waals surface area contributed by atoms with Crippen LogP contribution in [0.5, 0.6) is 0 Å². The summed E-state index contributed by atoms with van der Waals surface area (Å²) < 4.78 is 0. The molecule has 0 atom stereocenters. The first-order chi connectivity index (χ1) is 17.7. The van der Waals surface area contributed by atoms with Gasteiger partial charge in [0.15, 0.2) is 5.78 Å². The van der Waals surface area contributed by atoms with E-state index in [1.165, 1.54) is 27.8 Å². The molecule has 1 aliphatic carbocycles. The summed E-state index contributed by atoms with van der Waals surface area (Å²) in [5.41, 5.74) is 9.39. The van der Waals surface area contributed by atoms with Crippen LogP contribution in [0, 0.1) is 5.92 Å². The summed E-state index contributed by atoms with van der Waals surface area (Å²) in [7, 11) is 0. The molecule has 6 rings (SSSR count). The molecule has 2 aromatic carbocycles. The summed E-state index contributed by atoms with van der Waals surface area (Å²) in [5.74, 6) is 0.807. The number of hydrogen-bond donors (Lipinski definition) is 0. The van der Waals surface area contributed by atoms with Gasteiger partial charge in [-0.15, -0.1) is 0 Å². The maximum atomic E-state index is 13.3. The first kappa shape index (κ1) is 23.3. The maximum Gasteiger partial charge on any atom is 0.163 e. The number of likely N-dealkylation sites (tertiary alicyclic amines) is 1. The van der Waals surface area contributed by atoms with E-state index in [0.29, 0.717) is 18.1 Å². The minimum absolute atomic E-state index is 0.316. The van der Waals surface area contributed by atoms with Crippen molar-refractivity contribution in [3.05, 3.63) is 106 Å². The van der Waals surface area contributed by atoms with Crippen molar-refractivity contribution in [3.63, 3.8) is 0 Å². The van der Waals surface area contributed by atoms with E-state index in [1.54, 1.807) is 5.57 Å². The lowest BCUT2D eigenvalue weighted by Gasteiger charge is -2.31. The third kappa shape index (κ3) is 5.21. The average Bonchev–Trinajstić information content (AvgIpc) is 3.28. The lowest BCUT2D eigenvalue weighted by molar-refractivity contribution is 0.0925. The second-order valence-corrected chi connectivity index (χ2v) is 10.8. The van der Waals surface area contributed by atoms with Crippen LogP contribution in [0.25, 0.3) is 5.57 Å². The molecule has 1 fully saturated rings. The molecular weight excluding hydrogens is 442 g/mol. The lowest BCUT2D eigenvalue weighted by atomic mass is 9.88. The molecule has 0 saturated carbocycles. The molecule has 1 saturated heterocycles. The van der Waals surface area contributed by atoms with Crippen molar-refractivity contribution in [2.45, 2.75) is 45.2 Å². The fourth-order valence-corrected chi connectivity index (χ4v) is 6.20. The van der Waals surface area contributed by atoms with Crippen LogP contribution in [-0.2, 0) is 19.5 Å². The van der Waals surface area contributed by atoms with Crippen LogP contribution < -0.4 is 0 Å². The summed E-state index contributed by atoms with van der Waals surface area (Å²) in [6.07, 6.45) is 8.81. The fraction of sp³-hybridized carbons (Fsp3) is 0.375. The zero-order chi connectivity index (χ0) is 24.3. The van der Waals surface area contributed by atoms with E-state index in [0.717, 1.165) is 70.5 Å². The van der Waals surface area contributed by atoms with Crippen LogP contribution in [0.4, 0.5) is 0 Å². The van der Waals surface area contributed by atoms with E-state index in [9.17, 15) is 4.79 Å². The molecule has 0 unspecified atom stereocenters. The van der Waals surface area contributed by atoms with Gasteiger partial charge in [0, 0.05) is 50.6 Å². The number of benzene rings is 2. The average molecular weight is 478 g/mol. The number of pyridine rings is 1. The molecule has 0 spiro atoms. The van der Waals surface area contributed by atoms with E-state index in [-0.39, 0.29) is 0 Å². The number of carbonyl (C=O) groups excluding carboxylic acids is 1. The van der Waals surface area contributed by atoms with Gasteiger partial charge in [-0.1, -0.05) is 48.0 Å². The summed E-state index contributed by atoms with van der Waals surface area (Å²) >= 11 is 0. The minimum atomic E-state index is 0.316. The molecule has 4 nitrogen and oxygen atoms in total. The van der Waals surface area contributed by atoms with E-state index < -0.39 is 0 Å². The number of fused-ring (bicyclic) bond motifs is 2. The van der Waals surface area contributed by atoms with Crippen LogP contribution in [0.3, 0.4) is 0 Å². The Morgan fingerprint density at radius 1 is 0.861 bits per heavy atom. The van der Waals surface area contributed by atoms with Gasteiger partial charge in [0.05, 0.1) is 0 Å². The Labute approximate surface area is 214 Å². The van der Waals surface area contributed by atoms with Crippen molar-refractivity contribution in [2.75, 3.05) is 26.2 Å². The van der Waals surface area contributed by atoms with Gasteiger partial charge < -0.3 is 0 Å². The second-order valence-electron chi connectivity index (χ2n) is 10.8. The maximum absolute atomic E-state index is 13.3. The molecule has 0 amide bonds. The number of piperidine rings is 1. The van der Waals surface area contributed by atoms with E-state index in [4.69, 9.17) is 0 Å². The van der Waals surface area contributed by atoms with E-state index in [2.05, 4.69) is 75.4 Å². The van der Waals surface area contributed by atoms with Gasteiger partial charge in [0.1, 0.15) is 0 Å². The van der Waals surface area contributed by atoms with Crippen LogP contribution in [-0.4, -0.2) is 46.7 Å². The topological polar surface area (TPSA) is 36.4 Å². The minimum Gasteiger partial charge on any atom is -0.299 e. The molecule has 2 aliphatic heterocycles. The van der Waals surface area contributed by atoms with Gasteiger partial charge >= 0.3 is 0 Å². The Hall–Kier alpha value is -3.08. The van der Waals surface area contributed by atoms with Crippen molar-refractivity contribution in [2.24, 2.45) is 5.92 Å². The highest BCUT2D eigenvalue weighted by Gasteiger charge is 2.28. The quantitative estimate of drug-likeness (QED) is 0.404. The van der Waals surface area contributed by atoms with Gasteiger partial charge in [0.2, 0.25) is 0 Å². The Morgan fingerprint density at radius 3 is 2.42 bits per heavy atom. The Morgan fingerprint density at radius 2 is 1.61 bits per heavy atom. The van der Waals surface area contributed by atoms with Gasteiger partial charge in [-0.05, 0) is 90.7 Å². The summed E-state index contributed by atoms with van der Waals surface area (Å²) in [6, 6.07) is 21.5. The molecule has 0 bridgehead atoms. The number of ketones is 1. The van der Waals surface area contributed by atoms with Crippen LogP contribution in [0.2, 0.25) is 0 Å². The SMILES string of the molecule is O=C(CC1CCN(Cc2ccncc2)CC1)c1ccc2c(c1)C1=C(CCN(Cc3ccccc3)C1)C2. The predicted molar refractivity (Wildman–Crippen MR) is 145 cm³/mol. The fourth-order valence-electron chi connectivity index (χ4n) is 6.20. The molecule has 184 valence electrons. The summed E-state index contributed by atoms with van der Waals surface area (Å²) in [5, 5.41) is 0. The van der Waals surface area contributed by atoms with Gasteiger partial charge in [-0.25, -0.2) is 0 Å². The highest BCUT2D eigenvalue weighted by molar-refractivity contribution is 5.97. The first-order valence-corrected chi connectivity index (χ1v) is 13.5. The molecule has 3 aliphatic rings. The zero-order valence-electron chi connectivity index (χ0n) is 21.0. The third-order valence-electron chi connectivity index (χ3n) is 8.28. The van der Waals surface area contributed by atoms with Crippen LogP contribution in [0.1, 0.15) is 58.3 Å². The number of Topliss-reactive ketones (excluding diaryl/α,β-unsaturated/α-hetero) is 1. The molecule has 3 aromatic rings. The lowest BCUT2D eigenvalue weighted by Crippen LogP contribution is -2.33. The standard InChI is InChI=1S/C32H35N3O/c36-32(18-24-10-15-34(16-11-24)21-26-8-13-33-14-9-26)29-7-6-27-19-28-12-17-35(23-31(28)30(27)20-29)22-25-4-2-1-3-5-25/h1-9,13-14,20,24H,10-12,15-19,21-23H2. The molecule has 0 radical (unpaired) electrons. The molecular formula is C32H35N3O.